The summed E-state index contributed by atoms with van der Waals surface area (Å²) in [6, 6.07) is 8.99. The molecule has 2 heterocycles. The normalized spacial score (nSPS) is 15.5. The first-order valence-electron chi connectivity index (χ1n) is 6.16. The van der Waals surface area contributed by atoms with Crippen LogP contribution < -0.4 is 4.74 Å². The second-order valence-corrected chi connectivity index (χ2v) is 5.63. The zero-order valence-electron chi connectivity index (χ0n) is 10.8. The van der Waals surface area contributed by atoms with E-state index in [2.05, 4.69) is 4.98 Å². The first kappa shape index (κ1) is 12.9. The number of carboxylic acids is 1. The zero-order chi connectivity index (χ0) is 14.3. The first-order chi connectivity index (χ1) is 9.48. The van der Waals surface area contributed by atoms with Gasteiger partial charge in [-0.25, -0.2) is 9.78 Å². The molecule has 0 spiro atoms. The molecule has 0 bridgehead atoms. The number of halogens is 1. The standard InChI is InChI=1S/C15H12ClNO3/c1-15(16,14(18)19)11-4-5-12-10(8-11)7-9-3-2-6-17-13(9)20-12/h2-6,8H,7H2,1H3,(H,18,19). The summed E-state index contributed by atoms with van der Waals surface area (Å²) in [4.78, 5) is 13.9. The van der Waals surface area contributed by atoms with Gasteiger partial charge in [0.2, 0.25) is 5.88 Å². The molecule has 1 aromatic carbocycles. The van der Waals surface area contributed by atoms with E-state index in [0.717, 1.165) is 11.1 Å². The van der Waals surface area contributed by atoms with Crippen molar-refractivity contribution in [2.45, 2.75) is 18.2 Å². The minimum Gasteiger partial charge on any atom is -0.480 e. The number of rotatable bonds is 2. The maximum Gasteiger partial charge on any atom is 0.329 e. The smallest absolute Gasteiger partial charge is 0.329 e. The van der Waals surface area contributed by atoms with Crippen molar-refractivity contribution in [3.8, 4) is 11.6 Å². The highest BCUT2D eigenvalue weighted by atomic mass is 35.5. The summed E-state index contributed by atoms with van der Waals surface area (Å²) in [6.45, 7) is 1.47. The van der Waals surface area contributed by atoms with E-state index < -0.39 is 10.8 Å². The van der Waals surface area contributed by atoms with Gasteiger partial charge < -0.3 is 9.84 Å². The van der Waals surface area contributed by atoms with Crippen LogP contribution in [0.4, 0.5) is 0 Å². The van der Waals surface area contributed by atoms with E-state index in [1.165, 1.54) is 6.92 Å². The molecule has 1 unspecified atom stereocenters. The van der Waals surface area contributed by atoms with Gasteiger partial charge in [-0.15, -0.1) is 11.6 Å². The monoisotopic (exact) mass is 289 g/mol. The molecule has 1 N–H and O–H groups in total. The number of nitrogens with zero attached hydrogens (tertiary/aromatic N) is 1. The second-order valence-electron chi connectivity index (χ2n) is 4.88. The van der Waals surface area contributed by atoms with Gasteiger partial charge >= 0.3 is 5.97 Å². The van der Waals surface area contributed by atoms with E-state index in [1.807, 2.05) is 12.1 Å². The molecular weight excluding hydrogens is 278 g/mol. The van der Waals surface area contributed by atoms with Gasteiger partial charge in [0, 0.05) is 18.2 Å². The molecule has 1 aromatic heterocycles. The van der Waals surface area contributed by atoms with Gasteiger partial charge in [0.1, 0.15) is 5.75 Å². The highest BCUT2D eigenvalue weighted by Gasteiger charge is 2.33. The molecule has 0 saturated carbocycles. The summed E-state index contributed by atoms with van der Waals surface area (Å²) >= 11 is 6.09. The van der Waals surface area contributed by atoms with Crippen LogP contribution in [0.3, 0.4) is 0 Å². The molecule has 4 nitrogen and oxygen atoms in total. The van der Waals surface area contributed by atoms with Gasteiger partial charge in [0.25, 0.3) is 0 Å². The van der Waals surface area contributed by atoms with Gasteiger partial charge in [0.15, 0.2) is 4.87 Å². The Balaban J connectivity index is 2.02. The molecule has 0 radical (unpaired) electrons. The van der Waals surface area contributed by atoms with Crippen molar-refractivity contribution in [1.82, 2.24) is 4.98 Å². The minimum atomic E-state index is -1.44. The number of benzene rings is 1. The molecule has 102 valence electrons. The Hall–Kier alpha value is -2.07. The van der Waals surface area contributed by atoms with Crippen molar-refractivity contribution < 1.29 is 14.6 Å². The van der Waals surface area contributed by atoms with Gasteiger partial charge in [0.05, 0.1) is 0 Å². The van der Waals surface area contributed by atoms with Crippen LogP contribution in [-0.4, -0.2) is 16.1 Å². The van der Waals surface area contributed by atoms with Crippen molar-refractivity contribution in [1.29, 1.82) is 0 Å². The van der Waals surface area contributed by atoms with Crippen LogP contribution in [-0.2, 0) is 16.1 Å². The van der Waals surface area contributed by atoms with Crippen LogP contribution in [0, 0.1) is 0 Å². The van der Waals surface area contributed by atoms with Crippen molar-refractivity contribution in [2.75, 3.05) is 0 Å². The van der Waals surface area contributed by atoms with E-state index in [0.29, 0.717) is 23.6 Å². The quantitative estimate of drug-likeness (QED) is 0.735. The molecule has 0 fully saturated rings. The van der Waals surface area contributed by atoms with Gasteiger partial charge in [-0.05, 0) is 36.2 Å². The fourth-order valence-electron chi connectivity index (χ4n) is 2.19. The number of pyridine rings is 1. The Morgan fingerprint density at radius 2 is 2.20 bits per heavy atom. The number of fused-ring (bicyclic) bond motifs is 2. The number of carbonyl (C=O) groups is 1. The maximum atomic E-state index is 11.2. The summed E-state index contributed by atoms with van der Waals surface area (Å²) in [5.41, 5.74) is 2.43. The van der Waals surface area contributed by atoms with E-state index >= 15 is 0 Å². The van der Waals surface area contributed by atoms with E-state index in [1.54, 1.807) is 24.4 Å². The maximum absolute atomic E-state index is 11.2. The van der Waals surface area contributed by atoms with Crippen molar-refractivity contribution in [3.05, 3.63) is 53.2 Å². The van der Waals surface area contributed by atoms with Crippen LogP contribution in [0.15, 0.2) is 36.5 Å². The molecule has 20 heavy (non-hydrogen) atoms. The topological polar surface area (TPSA) is 59.4 Å². The molecule has 1 aliphatic heterocycles. The SMILES string of the molecule is CC(Cl)(C(=O)O)c1ccc2c(c1)Cc1cccnc1O2. The third kappa shape index (κ3) is 2.02. The Morgan fingerprint density at radius 1 is 1.40 bits per heavy atom. The molecule has 1 aliphatic rings. The average Bonchev–Trinajstić information content (AvgIpc) is 2.44. The number of aromatic nitrogens is 1. The first-order valence-corrected chi connectivity index (χ1v) is 6.54. The number of carboxylic acid groups (broad SMARTS) is 1. The van der Waals surface area contributed by atoms with Crippen molar-refractivity contribution in [3.63, 3.8) is 0 Å². The van der Waals surface area contributed by atoms with E-state index in [-0.39, 0.29) is 0 Å². The summed E-state index contributed by atoms with van der Waals surface area (Å²) in [5, 5.41) is 9.18. The van der Waals surface area contributed by atoms with Gasteiger partial charge in [-0.3, -0.25) is 0 Å². The lowest BCUT2D eigenvalue weighted by Gasteiger charge is -2.22. The molecule has 2 aromatic rings. The number of ether oxygens (including phenoxy) is 1. The third-order valence-electron chi connectivity index (χ3n) is 3.44. The molecule has 0 amide bonds. The predicted molar refractivity (Wildman–Crippen MR) is 74.4 cm³/mol. The lowest BCUT2D eigenvalue weighted by molar-refractivity contribution is -0.139. The summed E-state index contributed by atoms with van der Waals surface area (Å²) in [5.74, 6) is 0.218. The highest BCUT2D eigenvalue weighted by Crippen LogP contribution is 2.38. The van der Waals surface area contributed by atoms with Crippen molar-refractivity contribution in [2.24, 2.45) is 0 Å². The number of hydrogen-bond donors (Lipinski definition) is 1. The summed E-state index contributed by atoms with van der Waals surface area (Å²) < 4.78 is 5.70. The zero-order valence-corrected chi connectivity index (χ0v) is 11.5. The predicted octanol–water partition coefficient (Wildman–Crippen LogP) is 3.32. The molecule has 3 rings (SSSR count). The molecule has 1 atom stereocenters. The number of hydrogen-bond acceptors (Lipinski definition) is 3. The number of alkyl halides is 1. The minimum absolute atomic E-state index is 0.543. The Kier molecular flexibility index (Phi) is 2.91. The largest absolute Gasteiger partial charge is 0.480 e. The number of aliphatic carboxylic acids is 1. The highest BCUT2D eigenvalue weighted by molar-refractivity contribution is 6.33. The molecule has 0 saturated heterocycles. The lowest BCUT2D eigenvalue weighted by atomic mass is 9.94. The Morgan fingerprint density at radius 3 is 2.95 bits per heavy atom. The third-order valence-corrected chi connectivity index (χ3v) is 3.82. The van der Waals surface area contributed by atoms with Crippen LogP contribution in [0.2, 0.25) is 0 Å². The summed E-state index contributed by atoms with van der Waals surface area (Å²) in [6.07, 6.45) is 2.33. The molecule has 5 heteroatoms. The van der Waals surface area contributed by atoms with Crippen LogP contribution in [0.5, 0.6) is 11.6 Å². The van der Waals surface area contributed by atoms with Crippen LogP contribution in [0.25, 0.3) is 0 Å². The lowest BCUT2D eigenvalue weighted by Crippen LogP contribution is -2.25. The van der Waals surface area contributed by atoms with Crippen molar-refractivity contribution >= 4 is 17.6 Å². The Bertz CT molecular complexity index is 697. The Labute approximate surface area is 121 Å². The fourth-order valence-corrected chi connectivity index (χ4v) is 2.31. The molecule has 0 aliphatic carbocycles. The average molecular weight is 290 g/mol. The van der Waals surface area contributed by atoms with Gasteiger partial charge in [-0.2, -0.15) is 0 Å². The van der Waals surface area contributed by atoms with E-state index in [4.69, 9.17) is 16.3 Å². The van der Waals surface area contributed by atoms with Crippen LogP contribution >= 0.6 is 11.6 Å². The van der Waals surface area contributed by atoms with Gasteiger partial charge in [-0.1, -0.05) is 12.1 Å². The fraction of sp³-hybridized carbons (Fsp3) is 0.200. The van der Waals surface area contributed by atoms with E-state index in [9.17, 15) is 9.90 Å². The summed E-state index contributed by atoms with van der Waals surface area (Å²) in [7, 11) is 0. The second kappa shape index (κ2) is 4.49. The van der Waals surface area contributed by atoms with Crippen LogP contribution in [0.1, 0.15) is 23.6 Å². The molecular formula is C15H12ClNO3.